The van der Waals surface area contributed by atoms with Crippen LogP contribution in [0.4, 0.5) is 0 Å². The molecule has 0 bridgehead atoms. The van der Waals surface area contributed by atoms with Gasteiger partial charge in [-0.2, -0.15) is 0 Å². The molecule has 0 radical (unpaired) electrons. The molecule has 3 rings (SSSR count). The number of nitrogens with zero attached hydrogens (tertiary/aromatic N) is 5. The van der Waals surface area contributed by atoms with Gasteiger partial charge in [-0.3, -0.25) is 4.79 Å². The molecule has 6 heteroatoms. The standard InChI is InChI=1S/C20H21N5O/c1-2-13-24(14-12-17-6-4-3-5-7-17)20(26)15-18-8-10-19(11-9-18)25-16-21-22-23-25/h2-11,16H,1,12-15H2. The van der Waals surface area contributed by atoms with Crippen LogP contribution in [0, 0.1) is 0 Å². The number of hydrogen-bond acceptors (Lipinski definition) is 4. The first-order valence-corrected chi connectivity index (χ1v) is 8.51. The maximum Gasteiger partial charge on any atom is 0.227 e. The molecule has 1 heterocycles. The Kier molecular flexibility index (Phi) is 5.88. The summed E-state index contributed by atoms with van der Waals surface area (Å²) >= 11 is 0. The summed E-state index contributed by atoms with van der Waals surface area (Å²) in [5.41, 5.74) is 3.04. The molecule has 1 amide bonds. The molecule has 3 aromatic rings. The Hall–Kier alpha value is -3.28. The number of tetrazole rings is 1. The zero-order valence-electron chi connectivity index (χ0n) is 14.5. The van der Waals surface area contributed by atoms with Crippen molar-refractivity contribution in [1.82, 2.24) is 25.1 Å². The van der Waals surface area contributed by atoms with Crippen molar-refractivity contribution in [1.29, 1.82) is 0 Å². The van der Waals surface area contributed by atoms with E-state index in [9.17, 15) is 4.79 Å². The first-order chi connectivity index (χ1) is 12.8. The van der Waals surface area contributed by atoms with E-state index < -0.39 is 0 Å². The molecule has 0 aliphatic heterocycles. The Balaban J connectivity index is 1.61. The Bertz CT molecular complexity index is 828. The van der Waals surface area contributed by atoms with Crippen LogP contribution in [0.1, 0.15) is 11.1 Å². The van der Waals surface area contributed by atoms with E-state index in [0.29, 0.717) is 19.5 Å². The lowest BCUT2D eigenvalue weighted by Gasteiger charge is -2.21. The fourth-order valence-electron chi connectivity index (χ4n) is 2.71. The molecule has 0 saturated carbocycles. The molecule has 0 saturated heterocycles. The van der Waals surface area contributed by atoms with Crippen LogP contribution < -0.4 is 0 Å². The second-order valence-corrected chi connectivity index (χ2v) is 5.96. The first kappa shape index (κ1) is 17.5. The van der Waals surface area contributed by atoms with Crippen LogP contribution in [-0.4, -0.2) is 44.1 Å². The monoisotopic (exact) mass is 347 g/mol. The highest BCUT2D eigenvalue weighted by molar-refractivity contribution is 5.79. The third-order valence-corrected chi connectivity index (χ3v) is 4.12. The van der Waals surface area contributed by atoms with Crippen molar-refractivity contribution in [2.45, 2.75) is 12.8 Å². The number of benzene rings is 2. The summed E-state index contributed by atoms with van der Waals surface area (Å²) in [6, 6.07) is 17.8. The molecule has 6 nitrogen and oxygen atoms in total. The Labute approximate surface area is 152 Å². The van der Waals surface area contributed by atoms with Crippen molar-refractivity contribution in [3.8, 4) is 5.69 Å². The highest BCUT2D eigenvalue weighted by Gasteiger charge is 2.13. The Morgan fingerprint density at radius 3 is 2.50 bits per heavy atom. The Morgan fingerprint density at radius 2 is 1.85 bits per heavy atom. The molecule has 0 aliphatic carbocycles. The lowest BCUT2D eigenvalue weighted by molar-refractivity contribution is -0.129. The van der Waals surface area contributed by atoms with Crippen molar-refractivity contribution in [2.24, 2.45) is 0 Å². The third-order valence-electron chi connectivity index (χ3n) is 4.12. The number of rotatable bonds is 8. The molecule has 0 N–H and O–H groups in total. The molecule has 0 atom stereocenters. The molecule has 132 valence electrons. The maximum atomic E-state index is 12.7. The SMILES string of the molecule is C=CCN(CCc1ccccc1)C(=O)Cc1ccc(-n2cnnn2)cc1. The van der Waals surface area contributed by atoms with Gasteiger partial charge in [0.25, 0.3) is 0 Å². The molecule has 0 spiro atoms. The largest absolute Gasteiger partial charge is 0.338 e. The fourth-order valence-corrected chi connectivity index (χ4v) is 2.71. The van der Waals surface area contributed by atoms with Gasteiger partial charge >= 0.3 is 0 Å². The van der Waals surface area contributed by atoms with E-state index in [-0.39, 0.29) is 5.91 Å². The van der Waals surface area contributed by atoms with E-state index in [4.69, 9.17) is 0 Å². The summed E-state index contributed by atoms with van der Waals surface area (Å²) in [6.45, 7) is 5.00. The molecule has 0 fully saturated rings. The maximum absolute atomic E-state index is 12.7. The number of hydrogen-bond donors (Lipinski definition) is 0. The van der Waals surface area contributed by atoms with E-state index in [1.807, 2.05) is 47.4 Å². The van der Waals surface area contributed by atoms with E-state index in [0.717, 1.165) is 17.7 Å². The van der Waals surface area contributed by atoms with Gasteiger partial charge < -0.3 is 4.90 Å². The molecule has 0 unspecified atom stereocenters. The highest BCUT2D eigenvalue weighted by atomic mass is 16.2. The average Bonchev–Trinajstić information content (AvgIpc) is 3.21. The molecular weight excluding hydrogens is 326 g/mol. The number of amides is 1. The molecule has 2 aromatic carbocycles. The van der Waals surface area contributed by atoms with Gasteiger partial charge in [0.05, 0.1) is 12.1 Å². The molecule has 26 heavy (non-hydrogen) atoms. The fraction of sp³-hybridized carbons (Fsp3) is 0.200. The van der Waals surface area contributed by atoms with Gasteiger partial charge in [-0.1, -0.05) is 48.5 Å². The number of carbonyl (C=O) groups is 1. The summed E-state index contributed by atoms with van der Waals surface area (Å²) in [4.78, 5) is 14.5. The van der Waals surface area contributed by atoms with Gasteiger partial charge in [0.15, 0.2) is 0 Å². The minimum Gasteiger partial charge on any atom is -0.338 e. The van der Waals surface area contributed by atoms with E-state index >= 15 is 0 Å². The van der Waals surface area contributed by atoms with Crippen LogP contribution in [0.5, 0.6) is 0 Å². The predicted molar refractivity (Wildman–Crippen MR) is 99.8 cm³/mol. The summed E-state index contributed by atoms with van der Waals surface area (Å²) in [5.74, 6) is 0.0935. The highest BCUT2D eigenvalue weighted by Crippen LogP contribution is 2.10. The minimum atomic E-state index is 0.0935. The number of carbonyl (C=O) groups excluding carboxylic acids is 1. The van der Waals surface area contributed by atoms with Gasteiger partial charge in [0.2, 0.25) is 5.91 Å². The molecular formula is C20H21N5O. The van der Waals surface area contributed by atoms with E-state index in [1.165, 1.54) is 11.9 Å². The first-order valence-electron chi connectivity index (χ1n) is 8.51. The smallest absolute Gasteiger partial charge is 0.227 e. The predicted octanol–water partition coefficient (Wildman–Crippen LogP) is 2.46. The molecule has 0 aliphatic rings. The van der Waals surface area contributed by atoms with Crippen molar-refractivity contribution < 1.29 is 4.79 Å². The number of aromatic nitrogens is 4. The van der Waals surface area contributed by atoms with Crippen LogP contribution in [0.25, 0.3) is 5.69 Å². The van der Waals surface area contributed by atoms with Crippen LogP contribution in [0.3, 0.4) is 0 Å². The summed E-state index contributed by atoms with van der Waals surface area (Å²) in [6.07, 6.45) is 4.50. The van der Waals surface area contributed by atoms with Crippen molar-refractivity contribution in [3.05, 3.63) is 84.7 Å². The summed E-state index contributed by atoms with van der Waals surface area (Å²) in [7, 11) is 0. The topological polar surface area (TPSA) is 63.9 Å². The van der Waals surface area contributed by atoms with Crippen molar-refractivity contribution in [2.75, 3.05) is 13.1 Å². The summed E-state index contributed by atoms with van der Waals surface area (Å²) < 4.78 is 1.58. The van der Waals surface area contributed by atoms with Crippen LogP contribution in [0.15, 0.2) is 73.6 Å². The van der Waals surface area contributed by atoms with E-state index in [1.54, 1.807) is 10.8 Å². The van der Waals surface area contributed by atoms with Crippen molar-refractivity contribution >= 4 is 5.91 Å². The molecule has 1 aromatic heterocycles. The zero-order valence-corrected chi connectivity index (χ0v) is 14.5. The lowest BCUT2D eigenvalue weighted by Crippen LogP contribution is -2.34. The second kappa shape index (κ2) is 8.71. The quantitative estimate of drug-likeness (QED) is 0.587. The second-order valence-electron chi connectivity index (χ2n) is 5.96. The Morgan fingerprint density at radius 1 is 1.08 bits per heavy atom. The summed E-state index contributed by atoms with van der Waals surface area (Å²) in [5, 5.41) is 11.1. The minimum absolute atomic E-state index is 0.0935. The van der Waals surface area contributed by atoms with Gasteiger partial charge in [-0.15, -0.1) is 11.7 Å². The van der Waals surface area contributed by atoms with Gasteiger partial charge in [-0.25, -0.2) is 4.68 Å². The normalized spacial score (nSPS) is 10.5. The van der Waals surface area contributed by atoms with Crippen LogP contribution in [-0.2, 0) is 17.6 Å². The third kappa shape index (κ3) is 4.63. The van der Waals surface area contributed by atoms with Crippen LogP contribution >= 0.6 is 0 Å². The van der Waals surface area contributed by atoms with Crippen LogP contribution in [0.2, 0.25) is 0 Å². The average molecular weight is 347 g/mol. The van der Waals surface area contributed by atoms with Gasteiger partial charge in [-0.05, 0) is 40.1 Å². The lowest BCUT2D eigenvalue weighted by atomic mass is 10.1. The zero-order chi connectivity index (χ0) is 18.2. The van der Waals surface area contributed by atoms with Gasteiger partial charge in [0, 0.05) is 13.1 Å². The van der Waals surface area contributed by atoms with Crippen molar-refractivity contribution in [3.63, 3.8) is 0 Å². The van der Waals surface area contributed by atoms with E-state index in [2.05, 4.69) is 34.2 Å². The van der Waals surface area contributed by atoms with Gasteiger partial charge in [0.1, 0.15) is 6.33 Å².